The zero-order valence-electron chi connectivity index (χ0n) is 14.0. The van der Waals surface area contributed by atoms with E-state index in [1.165, 1.54) is 53.1 Å². The van der Waals surface area contributed by atoms with Gasteiger partial charge in [0, 0.05) is 31.8 Å². The monoisotopic (exact) mass is 349 g/mol. The lowest BCUT2D eigenvalue weighted by molar-refractivity contribution is 1.56. The highest BCUT2D eigenvalue weighted by atomic mass is 32.1. The van der Waals surface area contributed by atoms with Crippen molar-refractivity contribution in [3.8, 4) is 11.1 Å². The number of thiophene rings is 1. The fourth-order valence-corrected chi connectivity index (χ4v) is 5.16. The van der Waals surface area contributed by atoms with E-state index < -0.39 is 0 Å². The van der Waals surface area contributed by atoms with Crippen molar-refractivity contribution in [2.24, 2.45) is 0 Å². The summed E-state index contributed by atoms with van der Waals surface area (Å²) < 4.78 is 2.69. The molecule has 0 amide bonds. The van der Waals surface area contributed by atoms with Crippen LogP contribution in [0.1, 0.15) is 0 Å². The van der Waals surface area contributed by atoms with Crippen molar-refractivity contribution in [2.75, 3.05) is 0 Å². The van der Waals surface area contributed by atoms with E-state index in [0.29, 0.717) is 0 Å². The average Bonchev–Trinajstić information content (AvgIpc) is 3.26. The minimum Gasteiger partial charge on any atom is -0.353 e. The van der Waals surface area contributed by atoms with Crippen LogP contribution in [0.3, 0.4) is 0 Å². The van der Waals surface area contributed by atoms with E-state index in [1.807, 2.05) is 11.3 Å². The maximum Gasteiger partial charge on any atom is 0.0646 e. The maximum atomic E-state index is 3.67. The van der Waals surface area contributed by atoms with Crippen LogP contribution in [-0.4, -0.2) is 4.98 Å². The van der Waals surface area contributed by atoms with Gasteiger partial charge >= 0.3 is 0 Å². The Balaban J connectivity index is 1.70. The van der Waals surface area contributed by atoms with Gasteiger partial charge in [-0.1, -0.05) is 66.7 Å². The highest BCUT2D eigenvalue weighted by Crippen LogP contribution is 2.40. The Labute approximate surface area is 154 Å². The molecule has 0 aliphatic carbocycles. The van der Waals surface area contributed by atoms with Gasteiger partial charge in [-0.15, -0.1) is 11.3 Å². The first kappa shape index (κ1) is 14.1. The summed E-state index contributed by atoms with van der Waals surface area (Å²) in [6.07, 6.45) is 0. The third-order valence-electron chi connectivity index (χ3n) is 5.22. The number of H-pyrrole nitrogens is 1. The second kappa shape index (κ2) is 5.20. The fraction of sp³-hybridized carbons (Fsp3) is 0. The summed E-state index contributed by atoms with van der Waals surface area (Å²) in [5, 5.41) is 5.28. The number of hydrogen-bond donors (Lipinski definition) is 1. The van der Waals surface area contributed by atoms with Gasteiger partial charge in [0.15, 0.2) is 0 Å². The minimum absolute atomic E-state index is 1.20. The highest BCUT2D eigenvalue weighted by molar-refractivity contribution is 7.26. The van der Waals surface area contributed by atoms with E-state index >= 15 is 0 Å². The molecule has 4 aromatic carbocycles. The molecule has 0 saturated carbocycles. The van der Waals surface area contributed by atoms with Crippen molar-refractivity contribution in [1.29, 1.82) is 0 Å². The van der Waals surface area contributed by atoms with Crippen LogP contribution in [0.2, 0.25) is 0 Å². The minimum atomic E-state index is 1.20. The first-order valence-corrected chi connectivity index (χ1v) is 9.61. The number of benzene rings is 4. The van der Waals surface area contributed by atoms with Crippen molar-refractivity contribution >= 4 is 53.3 Å². The summed E-state index contributed by atoms with van der Waals surface area (Å²) in [5.74, 6) is 0. The first-order valence-electron chi connectivity index (χ1n) is 8.79. The number of rotatable bonds is 1. The lowest BCUT2D eigenvalue weighted by Crippen LogP contribution is -1.76. The Kier molecular flexibility index (Phi) is 2.82. The maximum absolute atomic E-state index is 3.67. The molecule has 6 rings (SSSR count). The SMILES string of the molecule is c1ccc(-c2ccc3[nH]c4c(ccc5c6ccccc6sc54)c3c2)cc1. The lowest BCUT2D eigenvalue weighted by Gasteiger charge is -2.01. The van der Waals surface area contributed by atoms with Gasteiger partial charge < -0.3 is 4.98 Å². The van der Waals surface area contributed by atoms with Crippen molar-refractivity contribution in [3.63, 3.8) is 0 Å². The normalized spacial score (nSPS) is 11.8. The van der Waals surface area contributed by atoms with Crippen LogP contribution >= 0.6 is 11.3 Å². The van der Waals surface area contributed by atoms with Crippen LogP contribution < -0.4 is 0 Å². The molecule has 26 heavy (non-hydrogen) atoms. The van der Waals surface area contributed by atoms with Crippen LogP contribution in [0.15, 0.2) is 84.9 Å². The molecule has 0 radical (unpaired) electrons. The van der Waals surface area contributed by atoms with Crippen LogP contribution in [0.25, 0.3) is 53.1 Å². The zero-order valence-corrected chi connectivity index (χ0v) is 14.8. The van der Waals surface area contributed by atoms with E-state index in [1.54, 1.807) is 0 Å². The Bertz CT molecular complexity index is 1420. The molecule has 122 valence electrons. The predicted octanol–water partition coefficient (Wildman–Crippen LogP) is 7.36. The summed E-state index contributed by atoms with van der Waals surface area (Å²) in [4.78, 5) is 3.67. The van der Waals surface area contributed by atoms with Crippen molar-refractivity contribution < 1.29 is 0 Å². The molecule has 0 aliphatic heterocycles. The molecule has 1 N–H and O–H groups in total. The second-order valence-electron chi connectivity index (χ2n) is 6.71. The predicted molar refractivity (Wildman–Crippen MR) is 114 cm³/mol. The van der Waals surface area contributed by atoms with Gasteiger partial charge in [0.25, 0.3) is 0 Å². The van der Waals surface area contributed by atoms with Gasteiger partial charge in [-0.05, 0) is 29.3 Å². The smallest absolute Gasteiger partial charge is 0.0646 e. The van der Waals surface area contributed by atoms with Crippen LogP contribution in [0.4, 0.5) is 0 Å². The van der Waals surface area contributed by atoms with Gasteiger partial charge in [-0.3, -0.25) is 0 Å². The number of aromatic amines is 1. The van der Waals surface area contributed by atoms with E-state index in [4.69, 9.17) is 0 Å². The van der Waals surface area contributed by atoms with E-state index in [-0.39, 0.29) is 0 Å². The van der Waals surface area contributed by atoms with Crippen LogP contribution in [-0.2, 0) is 0 Å². The van der Waals surface area contributed by atoms with Gasteiger partial charge in [0.05, 0.1) is 10.2 Å². The molecule has 6 aromatic rings. The summed E-state index contributed by atoms with van der Waals surface area (Å²) in [6.45, 7) is 0. The van der Waals surface area contributed by atoms with Gasteiger partial charge in [-0.2, -0.15) is 0 Å². The average molecular weight is 349 g/mol. The van der Waals surface area contributed by atoms with Gasteiger partial charge in [0.2, 0.25) is 0 Å². The summed E-state index contributed by atoms with van der Waals surface area (Å²) >= 11 is 1.88. The van der Waals surface area contributed by atoms with Crippen molar-refractivity contribution in [1.82, 2.24) is 4.98 Å². The fourth-order valence-electron chi connectivity index (χ4n) is 3.96. The third kappa shape index (κ3) is 1.91. The largest absolute Gasteiger partial charge is 0.353 e. The highest BCUT2D eigenvalue weighted by Gasteiger charge is 2.12. The molecule has 1 nitrogen and oxygen atoms in total. The molecule has 0 unspecified atom stereocenters. The molecular formula is C24H15NS. The number of nitrogens with one attached hydrogen (secondary N) is 1. The Hall–Kier alpha value is -3.10. The van der Waals surface area contributed by atoms with E-state index in [2.05, 4.69) is 89.9 Å². The lowest BCUT2D eigenvalue weighted by atomic mass is 10.0. The molecule has 2 heteroatoms. The summed E-state index contributed by atoms with van der Waals surface area (Å²) in [5.41, 5.74) is 4.97. The number of fused-ring (bicyclic) bond motifs is 7. The zero-order chi connectivity index (χ0) is 17.1. The molecule has 2 heterocycles. The summed E-state index contributed by atoms with van der Waals surface area (Å²) in [6, 6.07) is 30.5. The quantitative estimate of drug-likeness (QED) is 0.319. The third-order valence-corrected chi connectivity index (χ3v) is 6.43. The second-order valence-corrected chi connectivity index (χ2v) is 7.77. The Morgan fingerprint density at radius 1 is 0.577 bits per heavy atom. The van der Waals surface area contributed by atoms with E-state index in [9.17, 15) is 0 Å². The standard InChI is InChI=1S/C24H15NS/c1-2-6-15(7-3-1)16-10-13-21-20(14-16)18-11-12-19-17-8-4-5-9-22(17)26-24(19)23(18)25-21/h1-14,25H. The first-order chi connectivity index (χ1) is 12.9. The topological polar surface area (TPSA) is 15.8 Å². The van der Waals surface area contributed by atoms with E-state index in [0.717, 1.165) is 0 Å². The van der Waals surface area contributed by atoms with Crippen molar-refractivity contribution in [3.05, 3.63) is 84.9 Å². The Morgan fingerprint density at radius 3 is 2.31 bits per heavy atom. The van der Waals surface area contributed by atoms with Crippen LogP contribution in [0.5, 0.6) is 0 Å². The van der Waals surface area contributed by atoms with Crippen LogP contribution in [0, 0.1) is 0 Å². The molecule has 0 fully saturated rings. The summed E-state index contributed by atoms with van der Waals surface area (Å²) in [7, 11) is 0. The molecule has 0 atom stereocenters. The molecular weight excluding hydrogens is 334 g/mol. The number of aromatic nitrogens is 1. The van der Waals surface area contributed by atoms with Gasteiger partial charge in [0.1, 0.15) is 0 Å². The molecule has 0 aliphatic rings. The molecule has 0 bridgehead atoms. The molecule has 0 spiro atoms. The number of hydrogen-bond acceptors (Lipinski definition) is 1. The van der Waals surface area contributed by atoms with Gasteiger partial charge in [-0.25, -0.2) is 0 Å². The molecule has 2 aromatic heterocycles. The Morgan fingerprint density at radius 2 is 1.38 bits per heavy atom. The van der Waals surface area contributed by atoms with Crippen molar-refractivity contribution in [2.45, 2.75) is 0 Å². The molecule has 0 saturated heterocycles.